The van der Waals surface area contributed by atoms with Crippen LogP contribution in [0.4, 0.5) is 5.69 Å². The van der Waals surface area contributed by atoms with E-state index in [0.29, 0.717) is 5.69 Å². The number of hydrogen-bond donors (Lipinski definition) is 2. The zero-order valence-electron chi connectivity index (χ0n) is 11.8. The van der Waals surface area contributed by atoms with Gasteiger partial charge in [0.25, 0.3) is 0 Å². The van der Waals surface area contributed by atoms with Crippen LogP contribution < -0.4 is 5.73 Å². The van der Waals surface area contributed by atoms with E-state index < -0.39 is 6.10 Å². The van der Waals surface area contributed by atoms with Crippen molar-refractivity contribution in [1.82, 2.24) is 9.55 Å². The van der Waals surface area contributed by atoms with Gasteiger partial charge in [-0.1, -0.05) is 26.2 Å². The van der Waals surface area contributed by atoms with Crippen molar-refractivity contribution in [2.45, 2.75) is 52.2 Å². The van der Waals surface area contributed by atoms with Crippen molar-refractivity contribution < 1.29 is 5.11 Å². The standard InChI is InChI=1S/C15H23N3O/c1-3-4-5-6-9-18-14-8-7-12(16)10-13(14)17-15(18)11(2)19/h7-8,10-11,19H,3-6,9,16H2,1-2H3. The average molecular weight is 261 g/mol. The molecule has 0 aliphatic heterocycles. The first kappa shape index (κ1) is 13.9. The normalized spacial score (nSPS) is 13.0. The van der Waals surface area contributed by atoms with Gasteiger partial charge >= 0.3 is 0 Å². The van der Waals surface area contributed by atoms with Crippen LogP contribution >= 0.6 is 0 Å². The number of aryl methyl sites for hydroxylation is 1. The van der Waals surface area contributed by atoms with E-state index in [1.807, 2.05) is 18.2 Å². The third-order valence-corrected chi connectivity index (χ3v) is 3.41. The molecule has 0 aliphatic carbocycles. The largest absolute Gasteiger partial charge is 0.399 e. The first-order valence-corrected chi connectivity index (χ1v) is 7.07. The predicted octanol–water partition coefficient (Wildman–Crippen LogP) is 3.25. The summed E-state index contributed by atoms with van der Waals surface area (Å²) in [6, 6.07) is 5.74. The number of nitrogens with zero attached hydrogens (tertiary/aromatic N) is 2. The maximum absolute atomic E-state index is 9.86. The molecule has 1 heterocycles. The Balaban J connectivity index is 2.30. The minimum absolute atomic E-state index is 0.556. The van der Waals surface area contributed by atoms with E-state index in [-0.39, 0.29) is 0 Å². The van der Waals surface area contributed by atoms with Gasteiger partial charge in [0, 0.05) is 12.2 Å². The van der Waals surface area contributed by atoms with Gasteiger partial charge in [-0.3, -0.25) is 0 Å². The van der Waals surface area contributed by atoms with Crippen LogP contribution in [-0.2, 0) is 6.54 Å². The van der Waals surface area contributed by atoms with E-state index in [1.165, 1.54) is 19.3 Å². The van der Waals surface area contributed by atoms with Crippen LogP contribution in [0.1, 0.15) is 51.5 Å². The summed E-state index contributed by atoms with van der Waals surface area (Å²) in [7, 11) is 0. The van der Waals surface area contributed by atoms with Crippen molar-refractivity contribution in [3.8, 4) is 0 Å². The van der Waals surface area contributed by atoms with Crippen LogP contribution in [0.3, 0.4) is 0 Å². The summed E-state index contributed by atoms with van der Waals surface area (Å²) in [5, 5.41) is 9.86. The van der Waals surface area contributed by atoms with Gasteiger partial charge in [0.15, 0.2) is 0 Å². The third-order valence-electron chi connectivity index (χ3n) is 3.41. The molecule has 2 aromatic rings. The number of aromatic nitrogens is 2. The number of fused-ring (bicyclic) bond motifs is 1. The molecule has 0 saturated heterocycles. The van der Waals surface area contributed by atoms with Crippen molar-refractivity contribution in [2.24, 2.45) is 0 Å². The Labute approximate surface area is 114 Å². The summed E-state index contributed by atoms with van der Waals surface area (Å²) in [6.45, 7) is 4.87. The first-order chi connectivity index (χ1) is 9.13. The molecule has 4 heteroatoms. The molecule has 1 aromatic carbocycles. The molecule has 3 N–H and O–H groups in total. The second-order valence-electron chi connectivity index (χ2n) is 5.11. The van der Waals surface area contributed by atoms with E-state index in [9.17, 15) is 5.11 Å². The molecule has 0 fully saturated rings. The van der Waals surface area contributed by atoms with Crippen molar-refractivity contribution >= 4 is 16.7 Å². The van der Waals surface area contributed by atoms with Gasteiger partial charge in [0.2, 0.25) is 0 Å². The minimum Gasteiger partial charge on any atom is -0.399 e. The fourth-order valence-electron chi connectivity index (χ4n) is 2.42. The number of imidazole rings is 1. The molecular weight excluding hydrogens is 238 g/mol. The minimum atomic E-state index is -0.556. The Morgan fingerprint density at radius 1 is 1.32 bits per heavy atom. The third kappa shape index (κ3) is 3.07. The molecule has 0 aliphatic rings. The SMILES string of the molecule is CCCCCCn1c(C(C)O)nc2cc(N)ccc21. The number of unbranched alkanes of at least 4 members (excludes halogenated alkanes) is 3. The quantitative estimate of drug-likeness (QED) is 0.619. The summed E-state index contributed by atoms with van der Waals surface area (Å²) in [4.78, 5) is 4.50. The first-order valence-electron chi connectivity index (χ1n) is 7.07. The molecule has 104 valence electrons. The number of benzene rings is 1. The van der Waals surface area contributed by atoms with Crippen LogP contribution in [0.2, 0.25) is 0 Å². The lowest BCUT2D eigenvalue weighted by atomic mass is 10.2. The Morgan fingerprint density at radius 2 is 2.11 bits per heavy atom. The fraction of sp³-hybridized carbons (Fsp3) is 0.533. The van der Waals surface area contributed by atoms with E-state index in [1.54, 1.807) is 6.92 Å². The van der Waals surface area contributed by atoms with E-state index >= 15 is 0 Å². The molecule has 2 rings (SSSR count). The molecule has 0 amide bonds. The highest BCUT2D eigenvalue weighted by molar-refractivity contribution is 5.79. The molecule has 0 radical (unpaired) electrons. The summed E-state index contributed by atoms with van der Waals surface area (Å²) >= 11 is 0. The molecular formula is C15H23N3O. The van der Waals surface area contributed by atoms with Gasteiger partial charge in [0.1, 0.15) is 11.9 Å². The highest BCUT2D eigenvalue weighted by Crippen LogP contribution is 2.23. The van der Waals surface area contributed by atoms with Crippen molar-refractivity contribution in [3.05, 3.63) is 24.0 Å². The molecule has 19 heavy (non-hydrogen) atoms. The summed E-state index contributed by atoms with van der Waals surface area (Å²) < 4.78 is 2.12. The summed E-state index contributed by atoms with van der Waals surface area (Å²) in [6.07, 6.45) is 4.25. The van der Waals surface area contributed by atoms with Crippen LogP contribution in [0, 0.1) is 0 Å². The lowest BCUT2D eigenvalue weighted by molar-refractivity contribution is 0.184. The van der Waals surface area contributed by atoms with E-state index in [2.05, 4.69) is 16.5 Å². The highest BCUT2D eigenvalue weighted by atomic mass is 16.3. The maximum Gasteiger partial charge on any atom is 0.138 e. The van der Waals surface area contributed by atoms with Gasteiger partial charge in [-0.2, -0.15) is 0 Å². The number of aliphatic hydroxyl groups is 1. The van der Waals surface area contributed by atoms with Gasteiger partial charge < -0.3 is 15.4 Å². The zero-order chi connectivity index (χ0) is 13.8. The fourth-order valence-corrected chi connectivity index (χ4v) is 2.42. The molecule has 0 bridgehead atoms. The number of rotatable bonds is 6. The lowest BCUT2D eigenvalue weighted by Gasteiger charge is -2.10. The summed E-state index contributed by atoms with van der Waals surface area (Å²) in [5.74, 6) is 0.733. The van der Waals surface area contributed by atoms with Crippen LogP contribution in [0.5, 0.6) is 0 Å². The van der Waals surface area contributed by atoms with Crippen LogP contribution in [-0.4, -0.2) is 14.7 Å². The molecule has 1 unspecified atom stereocenters. The zero-order valence-corrected chi connectivity index (χ0v) is 11.8. The number of aliphatic hydroxyl groups excluding tert-OH is 1. The average Bonchev–Trinajstić information content (AvgIpc) is 2.72. The van der Waals surface area contributed by atoms with Crippen molar-refractivity contribution in [2.75, 3.05) is 5.73 Å². The predicted molar refractivity (Wildman–Crippen MR) is 78.9 cm³/mol. The van der Waals surface area contributed by atoms with Gasteiger partial charge in [-0.25, -0.2) is 4.98 Å². The van der Waals surface area contributed by atoms with Gasteiger partial charge in [-0.15, -0.1) is 0 Å². The summed E-state index contributed by atoms with van der Waals surface area (Å²) in [5.41, 5.74) is 8.42. The second kappa shape index (κ2) is 6.06. The Hall–Kier alpha value is -1.55. The van der Waals surface area contributed by atoms with E-state index in [0.717, 1.165) is 29.8 Å². The van der Waals surface area contributed by atoms with Crippen LogP contribution in [0.15, 0.2) is 18.2 Å². The van der Waals surface area contributed by atoms with Gasteiger partial charge in [0.05, 0.1) is 11.0 Å². The lowest BCUT2D eigenvalue weighted by Crippen LogP contribution is -2.07. The van der Waals surface area contributed by atoms with E-state index in [4.69, 9.17) is 5.73 Å². The molecule has 0 saturated carbocycles. The second-order valence-corrected chi connectivity index (χ2v) is 5.11. The van der Waals surface area contributed by atoms with Gasteiger partial charge in [-0.05, 0) is 31.5 Å². The Bertz CT molecular complexity index is 546. The Morgan fingerprint density at radius 3 is 2.79 bits per heavy atom. The molecule has 0 spiro atoms. The van der Waals surface area contributed by atoms with Crippen molar-refractivity contribution in [1.29, 1.82) is 0 Å². The number of nitrogen functional groups attached to an aromatic ring is 1. The molecule has 1 aromatic heterocycles. The number of hydrogen-bond acceptors (Lipinski definition) is 3. The molecule has 1 atom stereocenters. The number of anilines is 1. The molecule has 4 nitrogen and oxygen atoms in total. The maximum atomic E-state index is 9.86. The van der Waals surface area contributed by atoms with Crippen LogP contribution in [0.25, 0.3) is 11.0 Å². The monoisotopic (exact) mass is 261 g/mol. The topological polar surface area (TPSA) is 64.1 Å². The van der Waals surface area contributed by atoms with Crippen molar-refractivity contribution in [3.63, 3.8) is 0 Å². The highest BCUT2D eigenvalue weighted by Gasteiger charge is 2.14. The number of nitrogens with two attached hydrogens (primary N) is 1. The smallest absolute Gasteiger partial charge is 0.138 e. The Kier molecular flexibility index (Phi) is 4.43.